The first-order valence-corrected chi connectivity index (χ1v) is 8.77. The predicted molar refractivity (Wildman–Crippen MR) is 107 cm³/mol. The second-order valence-corrected chi connectivity index (χ2v) is 6.07. The topological polar surface area (TPSA) is 34.1 Å². The summed E-state index contributed by atoms with van der Waals surface area (Å²) in [6.45, 7) is 5.62. The minimum absolute atomic E-state index is 0.0443. The molecule has 2 rings (SSSR count). The lowest BCUT2D eigenvalue weighted by Crippen LogP contribution is -2.15. The van der Waals surface area contributed by atoms with Crippen molar-refractivity contribution in [2.75, 3.05) is 0 Å². The summed E-state index contributed by atoms with van der Waals surface area (Å²) in [7, 11) is 0. The van der Waals surface area contributed by atoms with Crippen LogP contribution in [0.3, 0.4) is 0 Å². The molecular weight excluding hydrogens is 320 g/mol. The summed E-state index contributed by atoms with van der Waals surface area (Å²) in [6.07, 6.45) is 8.00. The highest BCUT2D eigenvalue weighted by atomic mass is 16.1. The van der Waals surface area contributed by atoms with Crippen LogP contribution in [0.4, 0.5) is 0 Å². The summed E-state index contributed by atoms with van der Waals surface area (Å²) in [5, 5.41) is 0. The molecule has 0 aliphatic heterocycles. The molecule has 0 N–H and O–H groups in total. The number of ketones is 2. The molecule has 0 saturated carbocycles. The van der Waals surface area contributed by atoms with Crippen LogP contribution in [0.5, 0.6) is 0 Å². The zero-order valence-corrected chi connectivity index (χ0v) is 15.1. The van der Waals surface area contributed by atoms with Gasteiger partial charge in [0.25, 0.3) is 0 Å². The van der Waals surface area contributed by atoms with Gasteiger partial charge in [-0.3, -0.25) is 9.59 Å². The number of carbonyl (C=O) groups is 2. The van der Waals surface area contributed by atoms with Crippen LogP contribution in [-0.2, 0) is 0 Å². The van der Waals surface area contributed by atoms with E-state index in [1.165, 1.54) is 0 Å². The molecule has 2 heteroatoms. The lowest BCUT2D eigenvalue weighted by atomic mass is 9.85. The highest BCUT2D eigenvalue weighted by Crippen LogP contribution is 2.25. The third kappa shape index (κ3) is 5.52. The smallest absolute Gasteiger partial charge is 0.163 e. The maximum absolute atomic E-state index is 12.7. The molecule has 2 nitrogen and oxygen atoms in total. The molecule has 0 aliphatic carbocycles. The molecule has 0 unspecified atom stereocenters. The van der Waals surface area contributed by atoms with E-state index in [4.69, 9.17) is 0 Å². The van der Waals surface area contributed by atoms with Crippen molar-refractivity contribution < 1.29 is 9.59 Å². The molecule has 0 radical (unpaired) electrons. The Kier molecular flexibility index (Phi) is 7.50. The van der Waals surface area contributed by atoms with Gasteiger partial charge in [-0.2, -0.15) is 0 Å². The average Bonchev–Trinajstić information content (AvgIpc) is 2.69. The van der Waals surface area contributed by atoms with E-state index < -0.39 is 0 Å². The van der Waals surface area contributed by atoms with E-state index in [9.17, 15) is 9.59 Å². The maximum Gasteiger partial charge on any atom is 0.163 e. The van der Waals surface area contributed by atoms with Gasteiger partial charge in [0.2, 0.25) is 0 Å². The van der Waals surface area contributed by atoms with Gasteiger partial charge in [0.15, 0.2) is 11.6 Å². The molecule has 2 aromatic rings. The Bertz CT molecular complexity index is 745. The highest BCUT2D eigenvalue weighted by molar-refractivity contribution is 5.99. The highest BCUT2D eigenvalue weighted by Gasteiger charge is 2.21. The monoisotopic (exact) mass is 344 g/mol. The van der Waals surface area contributed by atoms with Gasteiger partial charge in [0.1, 0.15) is 0 Å². The van der Waals surface area contributed by atoms with Crippen LogP contribution >= 0.6 is 0 Å². The normalized spacial score (nSPS) is 11.7. The second kappa shape index (κ2) is 10.1. The maximum atomic E-state index is 12.7. The van der Waals surface area contributed by atoms with Crippen LogP contribution in [0.15, 0.2) is 97.1 Å². The molecule has 132 valence electrons. The van der Waals surface area contributed by atoms with Crippen molar-refractivity contribution in [3.05, 3.63) is 108 Å². The molecule has 0 heterocycles. The van der Waals surface area contributed by atoms with Gasteiger partial charge in [0, 0.05) is 24.0 Å². The Morgan fingerprint density at radius 3 is 1.73 bits per heavy atom. The largest absolute Gasteiger partial charge is 0.294 e. The summed E-state index contributed by atoms with van der Waals surface area (Å²) >= 11 is 0. The average molecular weight is 344 g/mol. The summed E-state index contributed by atoms with van der Waals surface area (Å²) < 4.78 is 0. The summed E-state index contributed by atoms with van der Waals surface area (Å²) in [4.78, 5) is 25.4. The third-order valence-electron chi connectivity index (χ3n) is 4.28. The minimum Gasteiger partial charge on any atom is -0.294 e. The van der Waals surface area contributed by atoms with Gasteiger partial charge < -0.3 is 0 Å². The van der Waals surface area contributed by atoms with E-state index in [-0.39, 0.29) is 17.5 Å². The van der Waals surface area contributed by atoms with Crippen LogP contribution in [0.1, 0.15) is 40.5 Å². The molecule has 0 bridgehead atoms. The Balaban J connectivity index is 2.23. The zero-order chi connectivity index (χ0) is 18.8. The molecule has 0 atom stereocenters. The van der Waals surface area contributed by atoms with E-state index >= 15 is 0 Å². The SMILES string of the molecule is C=C/C=C\C(=C/C)C(CC(=O)c1ccccc1)CC(=O)c1ccccc1. The van der Waals surface area contributed by atoms with Crippen molar-refractivity contribution in [3.8, 4) is 0 Å². The Labute approximate surface area is 155 Å². The molecule has 2 aromatic carbocycles. The summed E-state index contributed by atoms with van der Waals surface area (Å²) in [5.74, 6) is -0.0813. The molecule has 0 aliphatic rings. The first kappa shape index (κ1) is 19.3. The van der Waals surface area contributed by atoms with Crippen LogP contribution in [0, 0.1) is 5.92 Å². The molecule has 0 saturated heterocycles. The Morgan fingerprint density at radius 2 is 1.35 bits per heavy atom. The summed E-state index contributed by atoms with van der Waals surface area (Å²) in [5.41, 5.74) is 2.32. The number of Topliss-reactive ketones (excluding diaryl/α,β-unsaturated/α-hetero) is 2. The molecule has 0 aromatic heterocycles. The van der Waals surface area contributed by atoms with E-state index in [0.717, 1.165) is 5.57 Å². The van der Waals surface area contributed by atoms with E-state index in [1.807, 2.05) is 85.8 Å². The van der Waals surface area contributed by atoms with Crippen molar-refractivity contribution >= 4 is 11.6 Å². The van der Waals surface area contributed by atoms with E-state index in [0.29, 0.717) is 24.0 Å². The van der Waals surface area contributed by atoms with E-state index in [2.05, 4.69) is 6.58 Å². The first-order chi connectivity index (χ1) is 12.7. The van der Waals surface area contributed by atoms with Crippen LogP contribution in [0.25, 0.3) is 0 Å². The number of allylic oxidation sites excluding steroid dienone is 5. The molecule has 0 amide bonds. The lowest BCUT2D eigenvalue weighted by Gasteiger charge is -2.17. The fourth-order valence-corrected chi connectivity index (χ4v) is 2.89. The van der Waals surface area contributed by atoms with Crippen molar-refractivity contribution in [1.29, 1.82) is 0 Å². The molecule has 0 spiro atoms. The van der Waals surface area contributed by atoms with Gasteiger partial charge in [-0.05, 0) is 18.4 Å². The van der Waals surface area contributed by atoms with Crippen LogP contribution < -0.4 is 0 Å². The lowest BCUT2D eigenvalue weighted by molar-refractivity contribution is 0.0934. The fraction of sp³-hybridized carbons (Fsp3) is 0.167. The van der Waals surface area contributed by atoms with Crippen LogP contribution in [-0.4, -0.2) is 11.6 Å². The predicted octanol–water partition coefficient (Wildman–Crippen LogP) is 5.84. The first-order valence-electron chi connectivity index (χ1n) is 8.77. The second-order valence-electron chi connectivity index (χ2n) is 6.07. The molecule has 0 fully saturated rings. The van der Waals surface area contributed by atoms with Gasteiger partial charge in [-0.1, -0.05) is 91.5 Å². The van der Waals surface area contributed by atoms with Crippen LogP contribution in [0.2, 0.25) is 0 Å². The molecular formula is C24H24O2. The molecule has 26 heavy (non-hydrogen) atoms. The van der Waals surface area contributed by atoms with Gasteiger partial charge in [-0.25, -0.2) is 0 Å². The van der Waals surface area contributed by atoms with Gasteiger partial charge in [-0.15, -0.1) is 0 Å². The number of carbonyl (C=O) groups excluding carboxylic acids is 2. The number of hydrogen-bond donors (Lipinski definition) is 0. The standard InChI is InChI=1S/C24H24O2/c1-3-5-12-19(4-2)22(17-23(25)20-13-8-6-9-14-20)18-24(26)21-15-10-7-11-16-21/h3-16,22H,1,17-18H2,2H3/b12-5-,19-4+. The Hall–Kier alpha value is -3.00. The number of rotatable bonds is 9. The third-order valence-corrected chi connectivity index (χ3v) is 4.28. The van der Waals surface area contributed by atoms with Gasteiger partial charge in [0.05, 0.1) is 0 Å². The number of benzene rings is 2. The van der Waals surface area contributed by atoms with Crippen molar-refractivity contribution in [3.63, 3.8) is 0 Å². The summed E-state index contributed by atoms with van der Waals surface area (Å²) in [6, 6.07) is 18.4. The Morgan fingerprint density at radius 1 is 0.885 bits per heavy atom. The quantitative estimate of drug-likeness (QED) is 0.423. The minimum atomic E-state index is -0.170. The van der Waals surface area contributed by atoms with Crippen molar-refractivity contribution in [2.45, 2.75) is 19.8 Å². The van der Waals surface area contributed by atoms with Gasteiger partial charge >= 0.3 is 0 Å². The zero-order valence-electron chi connectivity index (χ0n) is 15.1. The van der Waals surface area contributed by atoms with Crippen molar-refractivity contribution in [1.82, 2.24) is 0 Å². The van der Waals surface area contributed by atoms with Crippen molar-refractivity contribution in [2.24, 2.45) is 5.92 Å². The number of hydrogen-bond acceptors (Lipinski definition) is 2. The fourth-order valence-electron chi connectivity index (χ4n) is 2.89. The van der Waals surface area contributed by atoms with E-state index in [1.54, 1.807) is 6.08 Å².